The summed E-state index contributed by atoms with van der Waals surface area (Å²) < 4.78 is 6.25. The largest absolute Gasteiger partial charge is 0.424 e. The zero-order valence-electron chi connectivity index (χ0n) is 16.4. The standard InChI is InChI=1S/C22H19BrCl2N2O3/c1-3-4-5-19(28)30-18-11-14(24)7-9-17(18)27-22(29)20-12(2)21(25)26-16-8-6-13(23)10-15(16)20/h6-11H,3-5H2,1-2H3,(H,27,29). The number of nitrogens with zero attached hydrogens (tertiary/aromatic N) is 1. The first-order valence-electron chi connectivity index (χ1n) is 9.37. The topological polar surface area (TPSA) is 68.3 Å². The zero-order chi connectivity index (χ0) is 21.8. The van der Waals surface area contributed by atoms with E-state index in [1.165, 1.54) is 6.07 Å². The number of hydrogen-bond acceptors (Lipinski definition) is 4. The molecule has 30 heavy (non-hydrogen) atoms. The van der Waals surface area contributed by atoms with Gasteiger partial charge in [-0.15, -0.1) is 0 Å². The van der Waals surface area contributed by atoms with Gasteiger partial charge in [0.2, 0.25) is 0 Å². The highest BCUT2D eigenvalue weighted by molar-refractivity contribution is 9.10. The normalized spacial score (nSPS) is 10.8. The Labute approximate surface area is 192 Å². The number of carbonyl (C=O) groups excluding carboxylic acids is 2. The van der Waals surface area contributed by atoms with E-state index in [9.17, 15) is 9.59 Å². The molecule has 0 aliphatic heterocycles. The molecule has 1 N–H and O–H groups in total. The summed E-state index contributed by atoms with van der Waals surface area (Å²) in [5.74, 6) is -0.583. The van der Waals surface area contributed by atoms with Crippen LogP contribution in [0.5, 0.6) is 5.75 Å². The second kappa shape index (κ2) is 9.77. The van der Waals surface area contributed by atoms with Gasteiger partial charge in [-0.3, -0.25) is 9.59 Å². The molecule has 1 amide bonds. The van der Waals surface area contributed by atoms with E-state index in [1.54, 1.807) is 25.1 Å². The number of aromatic nitrogens is 1. The van der Waals surface area contributed by atoms with Crippen molar-refractivity contribution < 1.29 is 14.3 Å². The molecule has 156 valence electrons. The molecule has 8 heteroatoms. The third kappa shape index (κ3) is 5.12. The molecule has 0 atom stereocenters. The lowest BCUT2D eigenvalue weighted by atomic mass is 10.0. The van der Waals surface area contributed by atoms with Crippen LogP contribution in [0.3, 0.4) is 0 Å². The van der Waals surface area contributed by atoms with Gasteiger partial charge >= 0.3 is 5.97 Å². The summed E-state index contributed by atoms with van der Waals surface area (Å²) in [7, 11) is 0. The van der Waals surface area contributed by atoms with Gasteiger partial charge in [0.05, 0.1) is 16.8 Å². The van der Waals surface area contributed by atoms with Gasteiger partial charge in [0.15, 0.2) is 5.75 Å². The molecule has 3 aromatic rings. The lowest BCUT2D eigenvalue weighted by Crippen LogP contribution is -2.16. The number of amides is 1. The Kier molecular flexibility index (Phi) is 7.34. The van der Waals surface area contributed by atoms with Crippen LogP contribution in [0.25, 0.3) is 10.9 Å². The highest BCUT2D eigenvalue weighted by atomic mass is 79.9. The van der Waals surface area contributed by atoms with Crippen LogP contribution < -0.4 is 10.1 Å². The molecule has 0 spiro atoms. The average molecular weight is 510 g/mol. The summed E-state index contributed by atoms with van der Waals surface area (Å²) >= 11 is 15.8. The zero-order valence-corrected chi connectivity index (χ0v) is 19.5. The van der Waals surface area contributed by atoms with E-state index >= 15 is 0 Å². The van der Waals surface area contributed by atoms with Gasteiger partial charge in [0.1, 0.15) is 5.15 Å². The van der Waals surface area contributed by atoms with Crippen molar-refractivity contribution in [2.75, 3.05) is 5.32 Å². The van der Waals surface area contributed by atoms with E-state index in [0.29, 0.717) is 32.7 Å². The minimum absolute atomic E-state index is 0.195. The molecule has 0 bridgehead atoms. The fourth-order valence-corrected chi connectivity index (χ4v) is 3.67. The molecule has 0 saturated carbocycles. The molecule has 1 heterocycles. The average Bonchev–Trinajstić information content (AvgIpc) is 2.69. The molecule has 0 aliphatic carbocycles. The van der Waals surface area contributed by atoms with Crippen molar-refractivity contribution in [3.05, 3.63) is 62.2 Å². The number of carbonyl (C=O) groups is 2. The maximum absolute atomic E-state index is 13.2. The van der Waals surface area contributed by atoms with Crippen LogP contribution >= 0.6 is 39.1 Å². The van der Waals surface area contributed by atoms with Gasteiger partial charge in [0.25, 0.3) is 5.91 Å². The number of benzene rings is 2. The lowest BCUT2D eigenvalue weighted by molar-refractivity contribution is -0.134. The smallest absolute Gasteiger partial charge is 0.311 e. The third-order valence-corrected chi connectivity index (χ3v) is 5.60. The van der Waals surface area contributed by atoms with Gasteiger partial charge < -0.3 is 10.1 Å². The van der Waals surface area contributed by atoms with E-state index in [1.807, 2.05) is 19.1 Å². The molecule has 0 radical (unpaired) electrons. The molecule has 2 aromatic carbocycles. The maximum atomic E-state index is 13.2. The third-order valence-electron chi connectivity index (χ3n) is 4.51. The number of halogens is 3. The molecule has 0 saturated heterocycles. The van der Waals surface area contributed by atoms with Crippen LogP contribution in [-0.4, -0.2) is 16.9 Å². The van der Waals surface area contributed by atoms with Gasteiger partial charge in [0, 0.05) is 27.4 Å². The number of nitrogens with one attached hydrogen (secondary N) is 1. The van der Waals surface area contributed by atoms with Crippen molar-refractivity contribution in [2.24, 2.45) is 0 Å². The molecular formula is C22H19BrCl2N2O3. The number of rotatable bonds is 6. The van der Waals surface area contributed by atoms with Crippen molar-refractivity contribution in [3.8, 4) is 5.75 Å². The Morgan fingerprint density at radius 2 is 1.93 bits per heavy atom. The predicted octanol–water partition coefficient (Wildman–Crippen LogP) is 6.96. The monoisotopic (exact) mass is 508 g/mol. The Morgan fingerprint density at radius 3 is 2.67 bits per heavy atom. The first kappa shape index (κ1) is 22.5. The summed E-state index contributed by atoms with van der Waals surface area (Å²) in [5, 5.41) is 4.11. The van der Waals surface area contributed by atoms with E-state index in [-0.39, 0.29) is 23.3 Å². The van der Waals surface area contributed by atoms with Crippen molar-refractivity contribution in [1.82, 2.24) is 4.98 Å². The molecule has 0 aliphatic rings. The fraction of sp³-hybridized carbons (Fsp3) is 0.227. The van der Waals surface area contributed by atoms with E-state index in [4.69, 9.17) is 27.9 Å². The summed E-state index contributed by atoms with van der Waals surface area (Å²) in [4.78, 5) is 29.7. The molecular weight excluding hydrogens is 491 g/mol. The number of hydrogen-bond donors (Lipinski definition) is 1. The SMILES string of the molecule is CCCCC(=O)Oc1cc(Cl)ccc1NC(=O)c1c(C)c(Cl)nc2ccc(Br)cc12. The molecule has 0 unspecified atom stereocenters. The van der Waals surface area contributed by atoms with Crippen LogP contribution in [-0.2, 0) is 4.79 Å². The van der Waals surface area contributed by atoms with Crippen LogP contribution in [0.2, 0.25) is 10.2 Å². The Hall–Kier alpha value is -2.15. The Balaban J connectivity index is 1.98. The number of fused-ring (bicyclic) bond motifs is 1. The highest BCUT2D eigenvalue weighted by Gasteiger charge is 2.20. The summed E-state index contributed by atoms with van der Waals surface area (Å²) in [6, 6.07) is 10.1. The van der Waals surface area contributed by atoms with Crippen LogP contribution in [0.1, 0.15) is 42.1 Å². The van der Waals surface area contributed by atoms with Gasteiger partial charge in [-0.2, -0.15) is 0 Å². The quantitative estimate of drug-likeness (QED) is 0.221. The molecule has 3 rings (SSSR count). The molecule has 5 nitrogen and oxygen atoms in total. The van der Waals surface area contributed by atoms with Crippen LogP contribution in [0.4, 0.5) is 5.69 Å². The van der Waals surface area contributed by atoms with Crippen molar-refractivity contribution >= 4 is 67.6 Å². The van der Waals surface area contributed by atoms with Crippen molar-refractivity contribution in [2.45, 2.75) is 33.1 Å². The van der Waals surface area contributed by atoms with Crippen LogP contribution in [0, 0.1) is 6.92 Å². The summed E-state index contributed by atoms with van der Waals surface area (Å²) in [5.41, 5.74) is 1.88. The van der Waals surface area contributed by atoms with E-state index in [2.05, 4.69) is 26.2 Å². The number of anilines is 1. The number of unbranched alkanes of at least 4 members (excludes halogenated alkanes) is 1. The lowest BCUT2D eigenvalue weighted by Gasteiger charge is -2.15. The summed E-state index contributed by atoms with van der Waals surface area (Å²) in [6.07, 6.45) is 1.88. The first-order valence-corrected chi connectivity index (χ1v) is 10.9. The number of ether oxygens (including phenoxy) is 1. The van der Waals surface area contributed by atoms with E-state index in [0.717, 1.165) is 17.3 Å². The van der Waals surface area contributed by atoms with E-state index < -0.39 is 5.91 Å². The van der Waals surface area contributed by atoms with Gasteiger partial charge in [-0.25, -0.2) is 4.98 Å². The number of pyridine rings is 1. The Bertz CT molecular complexity index is 1140. The van der Waals surface area contributed by atoms with Crippen molar-refractivity contribution in [3.63, 3.8) is 0 Å². The first-order chi connectivity index (χ1) is 14.3. The van der Waals surface area contributed by atoms with Gasteiger partial charge in [-0.1, -0.05) is 52.5 Å². The molecule has 1 aromatic heterocycles. The van der Waals surface area contributed by atoms with Crippen molar-refractivity contribution in [1.29, 1.82) is 0 Å². The predicted molar refractivity (Wildman–Crippen MR) is 124 cm³/mol. The van der Waals surface area contributed by atoms with Gasteiger partial charge in [-0.05, 0) is 49.2 Å². The highest BCUT2D eigenvalue weighted by Crippen LogP contribution is 2.32. The Morgan fingerprint density at radius 1 is 1.17 bits per heavy atom. The second-order valence-electron chi connectivity index (χ2n) is 6.74. The minimum atomic E-state index is -0.395. The minimum Gasteiger partial charge on any atom is -0.424 e. The fourth-order valence-electron chi connectivity index (χ4n) is 2.96. The van der Waals surface area contributed by atoms with Crippen LogP contribution in [0.15, 0.2) is 40.9 Å². The maximum Gasteiger partial charge on any atom is 0.311 e. The summed E-state index contributed by atoms with van der Waals surface area (Å²) in [6.45, 7) is 3.72. The second-order valence-corrected chi connectivity index (χ2v) is 8.45. The number of esters is 1. The molecule has 0 fully saturated rings.